The molecule has 0 aliphatic heterocycles. The molecule has 0 atom stereocenters. The van der Waals surface area contributed by atoms with Gasteiger partial charge in [0.25, 0.3) is 0 Å². The van der Waals surface area contributed by atoms with E-state index in [1.807, 2.05) is 13.8 Å². The van der Waals surface area contributed by atoms with Crippen LogP contribution in [0.5, 0.6) is 0 Å². The van der Waals surface area contributed by atoms with Crippen molar-refractivity contribution in [3.63, 3.8) is 0 Å². The lowest BCUT2D eigenvalue weighted by Crippen LogP contribution is -2.43. The molecule has 1 heterocycles. The first-order valence-corrected chi connectivity index (χ1v) is 6.52. The highest BCUT2D eigenvalue weighted by atomic mass is 16.5. The number of rotatable bonds is 7. The van der Waals surface area contributed by atoms with Crippen LogP contribution in [0.4, 0.5) is 0 Å². The zero-order valence-corrected chi connectivity index (χ0v) is 12.1. The fourth-order valence-corrected chi connectivity index (χ4v) is 1.64. The van der Waals surface area contributed by atoms with E-state index in [-0.39, 0.29) is 31.6 Å². The Balaban J connectivity index is 2.66. The van der Waals surface area contributed by atoms with Gasteiger partial charge in [0.2, 0.25) is 5.91 Å². The maximum Gasteiger partial charge on any atom is 0.325 e. The monoisotopic (exact) mass is 283 g/mol. The lowest BCUT2D eigenvalue weighted by molar-refractivity contribution is -0.150. The van der Waals surface area contributed by atoms with Crippen LogP contribution < -0.4 is 5.73 Å². The molecule has 0 aliphatic carbocycles. The molecule has 112 valence electrons. The quantitative estimate of drug-likeness (QED) is 0.679. The summed E-state index contributed by atoms with van der Waals surface area (Å²) >= 11 is 0. The Morgan fingerprint density at radius 3 is 2.70 bits per heavy atom. The van der Waals surface area contributed by atoms with Crippen molar-refractivity contribution in [2.75, 3.05) is 13.2 Å². The molecule has 1 aromatic rings. The summed E-state index contributed by atoms with van der Waals surface area (Å²) in [5, 5.41) is 7.62. The van der Waals surface area contributed by atoms with E-state index in [2.05, 4.69) is 10.3 Å². The van der Waals surface area contributed by atoms with Crippen LogP contribution in [-0.2, 0) is 27.4 Å². The average molecular weight is 283 g/mol. The van der Waals surface area contributed by atoms with Crippen LogP contribution in [0.25, 0.3) is 0 Å². The van der Waals surface area contributed by atoms with E-state index in [0.717, 1.165) is 0 Å². The number of aromatic nitrogens is 3. The fourth-order valence-electron chi connectivity index (χ4n) is 1.64. The highest BCUT2D eigenvalue weighted by molar-refractivity contribution is 5.82. The molecular weight excluding hydrogens is 262 g/mol. The van der Waals surface area contributed by atoms with E-state index in [9.17, 15) is 9.59 Å². The van der Waals surface area contributed by atoms with Crippen molar-refractivity contribution in [2.45, 2.75) is 39.9 Å². The van der Waals surface area contributed by atoms with Gasteiger partial charge in [-0.3, -0.25) is 9.59 Å². The Morgan fingerprint density at radius 1 is 1.50 bits per heavy atom. The van der Waals surface area contributed by atoms with Gasteiger partial charge in [0.15, 0.2) is 0 Å². The summed E-state index contributed by atoms with van der Waals surface area (Å²) in [5.74, 6) is -0.641. The summed E-state index contributed by atoms with van der Waals surface area (Å²) < 4.78 is 6.27. The zero-order chi connectivity index (χ0) is 15.1. The summed E-state index contributed by atoms with van der Waals surface area (Å²) in [5.41, 5.74) is 6.04. The van der Waals surface area contributed by atoms with Gasteiger partial charge in [-0.2, -0.15) is 0 Å². The maximum absolute atomic E-state index is 12.2. The normalized spacial score (nSPS) is 10.7. The largest absolute Gasteiger partial charge is 0.465 e. The van der Waals surface area contributed by atoms with Gasteiger partial charge in [0, 0.05) is 12.6 Å². The van der Waals surface area contributed by atoms with Crippen molar-refractivity contribution in [1.82, 2.24) is 19.9 Å². The highest BCUT2D eigenvalue weighted by Crippen LogP contribution is 2.02. The van der Waals surface area contributed by atoms with Gasteiger partial charge in [-0.25, -0.2) is 4.68 Å². The predicted molar refractivity (Wildman–Crippen MR) is 71.4 cm³/mol. The molecule has 0 saturated heterocycles. The van der Waals surface area contributed by atoms with Crippen molar-refractivity contribution in [2.24, 2.45) is 5.73 Å². The van der Waals surface area contributed by atoms with Crippen LogP contribution >= 0.6 is 0 Å². The van der Waals surface area contributed by atoms with Gasteiger partial charge in [-0.1, -0.05) is 5.21 Å². The molecular formula is C12H21N5O3. The van der Waals surface area contributed by atoms with Crippen LogP contribution in [0.1, 0.15) is 26.5 Å². The smallest absolute Gasteiger partial charge is 0.325 e. The summed E-state index contributed by atoms with van der Waals surface area (Å²) in [7, 11) is 0. The summed E-state index contributed by atoms with van der Waals surface area (Å²) in [4.78, 5) is 25.1. The molecule has 1 aromatic heterocycles. The first kappa shape index (κ1) is 16.1. The average Bonchev–Trinajstić information content (AvgIpc) is 2.83. The highest BCUT2D eigenvalue weighted by Gasteiger charge is 2.21. The summed E-state index contributed by atoms with van der Waals surface area (Å²) in [6.45, 7) is 5.91. The van der Waals surface area contributed by atoms with Gasteiger partial charge in [-0.05, 0) is 20.8 Å². The maximum atomic E-state index is 12.2. The van der Waals surface area contributed by atoms with Crippen molar-refractivity contribution < 1.29 is 14.3 Å². The topological polar surface area (TPSA) is 103 Å². The Hall–Kier alpha value is -1.96. The minimum Gasteiger partial charge on any atom is -0.465 e. The third kappa shape index (κ3) is 4.61. The second-order valence-corrected chi connectivity index (χ2v) is 4.53. The van der Waals surface area contributed by atoms with E-state index in [1.54, 1.807) is 13.1 Å². The first-order valence-electron chi connectivity index (χ1n) is 6.52. The molecule has 0 unspecified atom stereocenters. The van der Waals surface area contributed by atoms with Crippen LogP contribution in [0.2, 0.25) is 0 Å². The van der Waals surface area contributed by atoms with Gasteiger partial charge < -0.3 is 15.4 Å². The van der Waals surface area contributed by atoms with Crippen molar-refractivity contribution >= 4 is 11.9 Å². The predicted octanol–water partition coefficient (Wildman–Crippen LogP) is -0.463. The lowest BCUT2D eigenvalue weighted by atomic mass is 10.3. The second-order valence-electron chi connectivity index (χ2n) is 4.53. The number of nitrogens with zero attached hydrogens (tertiary/aromatic N) is 4. The van der Waals surface area contributed by atoms with Gasteiger partial charge in [0.05, 0.1) is 18.5 Å². The number of hydrogen-bond acceptors (Lipinski definition) is 6. The van der Waals surface area contributed by atoms with Gasteiger partial charge >= 0.3 is 5.97 Å². The van der Waals surface area contributed by atoms with Crippen molar-refractivity contribution in [3.05, 3.63) is 11.9 Å². The molecule has 0 saturated carbocycles. The van der Waals surface area contributed by atoms with Crippen molar-refractivity contribution in [3.8, 4) is 0 Å². The lowest BCUT2D eigenvalue weighted by Gasteiger charge is -2.25. The molecule has 1 amide bonds. The van der Waals surface area contributed by atoms with E-state index in [0.29, 0.717) is 12.3 Å². The molecule has 20 heavy (non-hydrogen) atoms. The Bertz CT molecular complexity index is 458. The summed E-state index contributed by atoms with van der Waals surface area (Å²) in [6.07, 6.45) is 1.61. The third-order valence-electron chi connectivity index (χ3n) is 2.64. The number of nitrogens with two attached hydrogens (primary N) is 1. The zero-order valence-electron chi connectivity index (χ0n) is 12.1. The SMILES string of the molecule is CCOC(=O)CN(C(=O)Cn1cc(CN)nn1)C(C)C. The van der Waals surface area contributed by atoms with E-state index >= 15 is 0 Å². The molecule has 0 bridgehead atoms. The molecule has 0 aromatic carbocycles. The second kappa shape index (κ2) is 7.59. The van der Waals surface area contributed by atoms with Gasteiger partial charge in [-0.15, -0.1) is 5.10 Å². The molecule has 8 nitrogen and oxygen atoms in total. The number of carbonyl (C=O) groups is 2. The molecule has 0 fully saturated rings. The Labute approximate surface area is 117 Å². The standard InChI is InChI=1S/C12H21N5O3/c1-4-20-12(19)8-17(9(2)3)11(18)7-16-6-10(5-13)14-15-16/h6,9H,4-5,7-8,13H2,1-3H3. The first-order chi connectivity index (χ1) is 9.47. The Morgan fingerprint density at radius 2 is 2.20 bits per heavy atom. The Kier molecular flexibility index (Phi) is 6.10. The number of hydrogen-bond donors (Lipinski definition) is 1. The van der Waals surface area contributed by atoms with Crippen LogP contribution in [0, 0.1) is 0 Å². The minimum absolute atomic E-state index is 0.0184. The van der Waals surface area contributed by atoms with E-state index < -0.39 is 5.97 Å². The number of esters is 1. The summed E-state index contributed by atoms with van der Waals surface area (Å²) in [6, 6.07) is -0.107. The molecule has 0 aliphatic rings. The third-order valence-corrected chi connectivity index (χ3v) is 2.64. The van der Waals surface area contributed by atoms with E-state index in [4.69, 9.17) is 10.5 Å². The number of amides is 1. The van der Waals surface area contributed by atoms with E-state index in [1.165, 1.54) is 9.58 Å². The number of ether oxygens (including phenoxy) is 1. The van der Waals surface area contributed by atoms with Crippen molar-refractivity contribution in [1.29, 1.82) is 0 Å². The van der Waals surface area contributed by atoms with Crippen LogP contribution in [0.15, 0.2) is 6.20 Å². The van der Waals surface area contributed by atoms with Gasteiger partial charge in [0.1, 0.15) is 13.1 Å². The molecule has 2 N–H and O–H groups in total. The molecule has 8 heteroatoms. The van der Waals surface area contributed by atoms with Crippen LogP contribution in [-0.4, -0.2) is 51.0 Å². The minimum atomic E-state index is -0.421. The van der Waals surface area contributed by atoms with Crippen LogP contribution in [0.3, 0.4) is 0 Å². The molecule has 1 rings (SSSR count). The number of carbonyl (C=O) groups excluding carboxylic acids is 2. The molecule has 0 spiro atoms. The molecule has 0 radical (unpaired) electrons. The fraction of sp³-hybridized carbons (Fsp3) is 0.667.